The molecule has 1 aromatic carbocycles. The number of rotatable bonds is 3. The molecule has 0 unspecified atom stereocenters. The number of hydrogen-bond donors (Lipinski definition) is 1. The summed E-state index contributed by atoms with van der Waals surface area (Å²) in [7, 11) is 0. The summed E-state index contributed by atoms with van der Waals surface area (Å²) in [4.78, 5) is 21.4. The molecule has 0 aliphatic rings. The molecule has 0 aliphatic heterocycles. The van der Waals surface area contributed by atoms with Crippen molar-refractivity contribution in [3.63, 3.8) is 0 Å². The van der Waals surface area contributed by atoms with Gasteiger partial charge in [0.25, 0.3) is 11.6 Å². The Hall–Kier alpha value is -1.94. The van der Waals surface area contributed by atoms with E-state index >= 15 is 0 Å². The molecule has 1 rings (SSSR count). The van der Waals surface area contributed by atoms with Gasteiger partial charge in [-0.05, 0) is 22.0 Å². The first-order chi connectivity index (χ1) is 7.56. The highest BCUT2D eigenvalue weighted by molar-refractivity contribution is 9.10. The van der Waals surface area contributed by atoms with Gasteiger partial charge in [0.1, 0.15) is 6.54 Å². The predicted molar refractivity (Wildman–Crippen MR) is 58.7 cm³/mol. The number of nitro benzene ring substituents is 1. The fourth-order valence-electron chi connectivity index (χ4n) is 1.02. The van der Waals surface area contributed by atoms with E-state index < -0.39 is 10.8 Å². The average molecular weight is 284 g/mol. The Labute approximate surface area is 99.2 Å². The third kappa shape index (κ3) is 2.77. The molecule has 0 aliphatic carbocycles. The van der Waals surface area contributed by atoms with Crippen molar-refractivity contribution in [2.24, 2.45) is 0 Å². The average Bonchev–Trinajstić information content (AvgIpc) is 2.26. The molecule has 0 spiro atoms. The van der Waals surface area contributed by atoms with Crippen LogP contribution in [-0.4, -0.2) is 17.4 Å². The van der Waals surface area contributed by atoms with Crippen LogP contribution in [0.25, 0.3) is 0 Å². The molecule has 0 saturated carbocycles. The smallest absolute Gasteiger partial charge is 0.270 e. The van der Waals surface area contributed by atoms with Gasteiger partial charge in [-0.2, -0.15) is 5.26 Å². The number of amides is 1. The molecule has 82 valence electrons. The second-order valence-corrected chi connectivity index (χ2v) is 3.62. The Bertz CT molecular complexity index is 481. The maximum Gasteiger partial charge on any atom is 0.270 e. The fraction of sp³-hybridized carbons (Fsp3) is 0.111. The number of nitro groups is 1. The Kier molecular flexibility index (Phi) is 3.96. The summed E-state index contributed by atoms with van der Waals surface area (Å²) in [5.41, 5.74) is -0.0465. The topological polar surface area (TPSA) is 96.0 Å². The normalized spacial score (nSPS) is 9.25. The van der Waals surface area contributed by atoms with E-state index in [0.29, 0.717) is 4.47 Å². The SMILES string of the molecule is N#CCNC(=O)c1cc([N+](=O)[O-])ccc1Br. The number of halogens is 1. The van der Waals surface area contributed by atoms with Crippen molar-refractivity contribution in [1.29, 1.82) is 5.26 Å². The first kappa shape index (κ1) is 12.1. The standard InChI is InChI=1S/C9H6BrN3O3/c10-8-2-1-6(13(15)16)5-7(8)9(14)12-4-3-11/h1-2,5H,4H2,(H,12,14). The molecule has 1 aromatic rings. The van der Waals surface area contributed by atoms with Crippen molar-refractivity contribution in [1.82, 2.24) is 5.32 Å². The summed E-state index contributed by atoms with van der Waals surface area (Å²) in [6, 6.07) is 5.59. The lowest BCUT2D eigenvalue weighted by Crippen LogP contribution is -2.23. The van der Waals surface area contributed by atoms with Crippen LogP contribution in [0.15, 0.2) is 22.7 Å². The first-order valence-electron chi connectivity index (χ1n) is 4.15. The molecule has 0 bridgehead atoms. The summed E-state index contributed by atoms with van der Waals surface area (Å²) < 4.78 is 0.438. The zero-order valence-corrected chi connectivity index (χ0v) is 9.52. The monoisotopic (exact) mass is 283 g/mol. The van der Waals surface area contributed by atoms with E-state index in [1.54, 1.807) is 6.07 Å². The summed E-state index contributed by atoms with van der Waals surface area (Å²) in [5, 5.41) is 21.1. The lowest BCUT2D eigenvalue weighted by molar-refractivity contribution is -0.384. The third-order valence-electron chi connectivity index (χ3n) is 1.73. The van der Waals surface area contributed by atoms with Crippen molar-refractivity contribution in [3.05, 3.63) is 38.3 Å². The highest BCUT2D eigenvalue weighted by Gasteiger charge is 2.14. The molecule has 0 aromatic heterocycles. The van der Waals surface area contributed by atoms with Crippen LogP contribution in [0, 0.1) is 21.4 Å². The van der Waals surface area contributed by atoms with Crippen LogP contribution in [0.4, 0.5) is 5.69 Å². The predicted octanol–water partition coefficient (Wildman–Crippen LogP) is 1.61. The Balaban J connectivity index is 3.03. The van der Waals surface area contributed by atoms with Gasteiger partial charge in [-0.3, -0.25) is 14.9 Å². The zero-order valence-electron chi connectivity index (χ0n) is 7.94. The number of nitriles is 1. The van der Waals surface area contributed by atoms with Gasteiger partial charge in [0.2, 0.25) is 0 Å². The molecule has 0 radical (unpaired) electrons. The van der Waals surface area contributed by atoms with Crippen LogP contribution in [-0.2, 0) is 0 Å². The van der Waals surface area contributed by atoms with Crippen molar-refractivity contribution in [3.8, 4) is 6.07 Å². The minimum absolute atomic E-state index is 0.129. The number of carbonyl (C=O) groups excluding carboxylic acids is 1. The van der Waals surface area contributed by atoms with E-state index in [-0.39, 0.29) is 17.8 Å². The number of non-ortho nitro benzene ring substituents is 1. The van der Waals surface area contributed by atoms with Gasteiger partial charge >= 0.3 is 0 Å². The van der Waals surface area contributed by atoms with E-state index in [9.17, 15) is 14.9 Å². The number of nitrogens with one attached hydrogen (secondary N) is 1. The second-order valence-electron chi connectivity index (χ2n) is 2.76. The Morgan fingerprint density at radius 2 is 2.31 bits per heavy atom. The largest absolute Gasteiger partial charge is 0.339 e. The number of nitrogens with zero attached hydrogens (tertiary/aromatic N) is 2. The molecule has 1 N–H and O–H groups in total. The quantitative estimate of drug-likeness (QED) is 0.518. The van der Waals surface area contributed by atoms with E-state index in [0.717, 1.165) is 6.07 Å². The molecule has 7 heteroatoms. The van der Waals surface area contributed by atoms with Crippen LogP contribution in [0.1, 0.15) is 10.4 Å². The number of benzene rings is 1. The minimum atomic E-state index is -0.590. The van der Waals surface area contributed by atoms with Crippen molar-refractivity contribution in [2.75, 3.05) is 6.54 Å². The van der Waals surface area contributed by atoms with E-state index in [1.807, 2.05) is 0 Å². The van der Waals surface area contributed by atoms with Crippen LogP contribution in [0.2, 0.25) is 0 Å². The number of carbonyl (C=O) groups is 1. The zero-order chi connectivity index (χ0) is 12.1. The lowest BCUT2D eigenvalue weighted by Gasteiger charge is -2.03. The van der Waals surface area contributed by atoms with Gasteiger partial charge in [-0.15, -0.1) is 0 Å². The Morgan fingerprint density at radius 1 is 1.62 bits per heavy atom. The van der Waals surface area contributed by atoms with Gasteiger partial charge in [-0.25, -0.2) is 0 Å². The molecule has 0 saturated heterocycles. The molecular formula is C9H6BrN3O3. The molecule has 0 fully saturated rings. The third-order valence-corrected chi connectivity index (χ3v) is 2.42. The van der Waals surface area contributed by atoms with Crippen molar-refractivity contribution in [2.45, 2.75) is 0 Å². The first-order valence-corrected chi connectivity index (χ1v) is 4.94. The maximum absolute atomic E-state index is 11.5. The maximum atomic E-state index is 11.5. The van der Waals surface area contributed by atoms with E-state index in [1.165, 1.54) is 12.1 Å². The van der Waals surface area contributed by atoms with E-state index in [2.05, 4.69) is 21.2 Å². The van der Waals surface area contributed by atoms with Gasteiger partial charge in [0.05, 0.1) is 16.6 Å². The van der Waals surface area contributed by atoms with Gasteiger partial charge < -0.3 is 5.32 Å². The summed E-state index contributed by atoms with van der Waals surface area (Å²) in [6.45, 7) is -0.145. The summed E-state index contributed by atoms with van der Waals surface area (Å²) in [6.07, 6.45) is 0. The van der Waals surface area contributed by atoms with E-state index in [4.69, 9.17) is 5.26 Å². The molecule has 0 atom stereocenters. The molecular weight excluding hydrogens is 278 g/mol. The lowest BCUT2D eigenvalue weighted by atomic mass is 10.2. The highest BCUT2D eigenvalue weighted by Crippen LogP contribution is 2.22. The van der Waals surface area contributed by atoms with Crippen LogP contribution < -0.4 is 5.32 Å². The summed E-state index contributed by atoms with van der Waals surface area (Å²) in [5.74, 6) is -0.530. The minimum Gasteiger partial charge on any atom is -0.339 e. The second kappa shape index (κ2) is 5.23. The van der Waals surface area contributed by atoms with Crippen molar-refractivity contribution >= 4 is 27.5 Å². The van der Waals surface area contributed by atoms with Crippen LogP contribution >= 0.6 is 15.9 Å². The molecule has 1 amide bonds. The van der Waals surface area contributed by atoms with Crippen LogP contribution in [0.3, 0.4) is 0 Å². The molecule has 0 heterocycles. The van der Waals surface area contributed by atoms with Gasteiger partial charge in [0, 0.05) is 16.6 Å². The van der Waals surface area contributed by atoms with Gasteiger partial charge in [-0.1, -0.05) is 0 Å². The highest BCUT2D eigenvalue weighted by atomic mass is 79.9. The molecule has 6 nitrogen and oxygen atoms in total. The van der Waals surface area contributed by atoms with Crippen molar-refractivity contribution < 1.29 is 9.72 Å². The van der Waals surface area contributed by atoms with Gasteiger partial charge in [0.15, 0.2) is 0 Å². The fourth-order valence-corrected chi connectivity index (χ4v) is 1.44. The summed E-state index contributed by atoms with van der Waals surface area (Å²) >= 11 is 3.11. The Morgan fingerprint density at radius 3 is 2.88 bits per heavy atom. The van der Waals surface area contributed by atoms with Crippen LogP contribution in [0.5, 0.6) is 0 Å². The molecule has 16 heavy (non-hydrogen) atoms. The number of hydrogen-bond acceptors (Lipinski definition) is 4.